The fraction of sp³-hybridized carbons (Fsp3) is 0.333. The third-order valence-electron chi connectivity index (χ3n) is 2.28. The van der Waals surface area contributed by atoms with E-state index in [9.17, 15) is 0 Å². The lowest BCUT2D eigenvalue weighted by atomic mass is 10.2. The first-order valence-electron chi connectivity index (χ1n) is 4.62. The second kappa shape index (κ2) is 3.53. The summed E-state index contributed by atoms with van der Waals surface area (Å²) in [6, 6.07) is 2.14. The molecule has 3 rings (SSSR count). The highest BCUT2D eigenvalue weighted by atomic mass is 32.2. The molecule has 2 aromatic rings. The number of nitrogen functional groups attached to an aromatic ring is 1. The summed E-state index contributed by atoms with van der Waals surface area (Å²) in [5.74, 6) is 3.04. The van der Waals surface area contributed by atoms with Crippen molar-refractivity contribution in [1.82, 2.24) is 10.1 Å². The number of aryl methyl sites for hydroxylation is 1. The Balaban J connectivity index is 2.02. The second-order valence-corrected chi connectivity index (χ2v) is 5.56. The van der Waals surface area contributed by atoms with Gasteiger partial charge in [0.05, 0.1) is 4.88 Å². The van der Waals surface area contributed by atoms with Gasteiger partial charge in [0, 0.05) is 10.6 Å². The summed E-state index contributed by atoms with van der Waals surface area (Å²) < 4.78 is 5.05. The molecule has 0 spiro atoms. The van der Waals surface area contributed by atoms with E-state index >= 15 is 0 Å². The molecule has 0 fully saturated rings. The molecule has 0 aromatic carbocycles. The zero-order valence-electron chi connectivity index (χ0n) is 7.90. The summed E-state index contributed by atoms with van der Waals surface area (Å²) in [4.78, 5) is 6.51. The molecule has 2 N–H and O–H groups in total. The lowest BCUT2D eigenvalue weighted by Gasteiger charge is -2.08. The summed E-state index contributed by atoms with van der Waals surface area (Å²) >= 11 is 3.70. The van der Waals surface area contributed by atoms with Gasteiger partial charge in [0.25, 0.3) is 11.8 Å². The molecule has 0 aliphatic carbocycles. The van der Waals surface area contributed by atoms with Gasteiger partial charge in [-0.15, -0.1) is 11.3 Å². The first-order chi connectivity index (χ1) is 7.33. The van der Waals surface area contributed by atoms with Crippen LogP contribution in [-0.2, 0) is 12.2 Å². The highest BCUT2D eigenvalue weighted by molar-refractivity contribution is 7.98. The average Bonchev–Trinajstić information content (AvgIpc) is 2.82. The van der Waals surface area contributed by atoms with Crippen molar-refractivity contribution < 1.29 is 4.52 Å². The largest absolute Gasteiger partial charge is 0.365 e. The minimum Gasteiger partial charge on any atom is -0.365 e. The average molecular weight is 239 g/mol. The van der Waals surface area contributed by atoms with Gasteiger partial charge in [-0.05, 0) is 29.0 Å². The van der Waals surface area contributed by atoms with Gasteiger partial charge < -0.3 is 10.3 Å². The van der Waals surface area contributed by atoms with E-state index < -0.39 is 0 Å². The minimum absolute atomic E-state index is 0.200. The number of hydrogen-bond donors (Lipinski definition) is 1. The van der Waals surface area contributed by atoms with Gasteiger partial charge in [0.2, 0.25) is 0 Å². The maximum atomic E-state index is 5.42. The lowest BCUT2D eigenvalue weighted by molar-refractivity contribution is 0.434. The fourth-order valence-electron chi connectivity index (χ4n) is 1.59. The molecule has 0 unspecified atom stereocenters. The molecule has 0 bridgehead atoms. The van der Waals surface area contributed by atoms with E-state index in [-0.39, 0.29) is 5.95 Å². The molecule has 15 heavy (non-hydrogen) atoms. The van der Waals surface area contributed by atoms with E-state index in [0.29, 0.717) is 5.89 Å². The smallest absolute Gasteiger partial charge is 0.269 e. The number of fused-ring (bicyclic) bond motifs is 1. The normalized spacial score (nSPS) is 15.2. The van der Waals surface area contributed by atoms with Crippen molar-refractivity contribution in [1.29, 1.82) is 0 Å². The Labute approximate surface area is 94.9 Å². The van der Waals surface area contributed by atoms with Crippen molar-refractivity contribution in [2.45, 2.75) is 12.2 Å². The van der Waals surface area contributed by atoms with Crippen molar-refractivity contribution in [2.24, 2.45) is 0 Å². The van der Waals surface area contributed by atoms with Crippen LogP contribution in [0.3, 0.4) is 0 Å². The van der Waals surface area contributed by atoms with Gasteiger partial charge in [-0.1, -0.05) is 0 Å². The van der Waals surface area contributed by atoms with E-state index in [1.165, 1.54) is 16.2 Å². The van der Waals surface area contributed by atoms with Crippen LogP contribution in [0.1, 0.15) is 10.4 Å². The molecule has 3 heterocycles. The monoisotopic (exact) mass is 239 g/mol. The quantitative estimate of drug-likeness (QED) is 0.826. The molecule has 78 valence electrons. The van der Waals surface area contributed by atoms with Crippen molar-refractivity contribution >= 4 is 29.0 Å². The summed E-state index contributed by atoms with van der Waals surface area (Å²) in [6.07, 6.45) is 1.15. The Kier molecular flexibility index (Phi) is 2.17. The molecular weight excluding hydrogens is 230 g/mol. The van der Waals surface area contributed by atoms with Crippen molar-refractivity contribution in [3.8, 4) is 10.8 Å². The zero-order valence-corrected chi connectivity index (χ0v) is 9.53. The summed E-state index contributed by atoms with van der Waals surface area (Å²) in [7, 11) is 0. The van der Waals surface area contributed by atoms with Crippen LogP contribution >= 0.6 is 23.1 Å². The van der Waals surface area contributed by atoms with Crippen molar-refractivity contribution in [2.75, 3.05) is 11.5 Å². The number of anilines is 1. The number of nitrogens with zero attached hydrogens (tertiary/aromatic N) is 2. The Morgan fingerprint density at radius 1 is 1.47 bits per heavy atom. The van der Waals surface area contributed by atoms with E-state index in [1.54, 1.807) is 11.3 Å². The van der Waals surface area contributed by atoms with Gasteiger partial charge in [0.1, 0.15) is 0 Å². The maximum absolute atomic E-state index is 5.42. The maximum Gasteiger partial charge on any atom is 0.269 e. The van der Waals surface area contributed by atoms with Crippen LogP contribution in [-0.4, -0.2) is 15.9 Å². The summed E-state index contributed by atoms with van der Waals surface area (Å²) in [5, 5.41) is 3.59. The molecule has 2 aromatic heterocycles. The van der Waals surface area contributed by atoms with Crippen LogP contribution in [0.25, 0.3) is 10.8 Å². The molecule has 1 aliphatic heterocycles. The number of nitrogens with two attached hydrogens (primary N) is 1. The van der Waals surface area contributed by atoms with Crippen LogP contribution < -0.4 is 5.73 Å². The van der Waals surface area contributed by atoms with Gasteiger partial charge >= 0.3 is 0 Å². The fourth-order valence-corrected chi connectivity index (χ4v) is 3.88. The van der Waals surface area contributed by atoms with Gasteiger partial charge in [-0.2, -0.15) is 16.7 Å². The van der Waals surface area contributed by atoms with Crippen LogP contribution in [0.15, 0.2) is 10.6 Å². The van der Waals surface area contributed by atoms with Gasteiger partial charge in [0.15, 0.2) is 0 Å². The second-order valence-electron chi connectivity index (χ2n) is 3.32. The topological polar surface area (TPSA) is 64.9 Å². The molecule has 0 saturated heterocycles. The number of rotatable bonds is 1. The molecule has 6 heteroatoms. The molecule has 0 amide bonds. The Bertz CT molecular complexity index is 468. The van der Waals surface area contributed by atoms with Crippen LogP contribution in [0.2, 0.25) is 0 Å². The molecule has 0 radical (unpaired) electrons. The first kappa shape index (κ1) is 9.23. The van der Waals surface area contributed by atoms with E-state index in [0.717, 1.165) is 17.1 Å². The number of thiophene rings is 1. The third-order valence-corrected chi connectivity index (χ3v) is 4.51. The van der Waals surface area contributed by atoms with E-state index in [1.807, 2.05) is 11.8 Å². The predicted octanol–water partition coefficient (Wildman–Crippen LogP) is 2.17. The SMILES string of the molecule is Nc1noc(-c2cc3c(s2)CCSC3)n1. The molecular formula is C9H9N3OS2. The highest BCUT2D eigenvalue weighted by Crippen LogP contribution is 2.36. The van der Waals surface area contributed by atoms with Crippen LogP contribution in [0.4, 0.5) is 5.95 Å². The Morgan fingerprint density at radius 2 is 2.40 bits per heavy atom. The van der Waals surface area contributed by atoms with Crippen molar-refractivity contribution in [3.63, 3.8) is 0 Å². The summed E-state index contributed by atoms with van der Waals surface area (Å²) in [6.45, 7) is 0. The standard InChI is InChI=1S/C9H9N3OS2/c10-9-11-8(13-12-9)7-3-5-4-14-2-1-6(5)15-7/h3H,1-2,4H2,(H2,10,12). The zero-order chi connectivity index (χ0) is 10.3. The summed E-state index contributed by atoms with van der Waals surface area (Å²) in [5.41, 5.74) is 6.83. The predicted molar refractivity (Wildman–Crippen MR) is 61.9 cm³/mol. The van der Waals surface area contributed by atoms with Crippen LogP contribution in [0, 0.1) is 0 Å². The van der Waals surface area contributed by atoms with Crippen LogP contribution in [0.5, 0.6) is 0 Å². The number of aromatic nitrogens is 2. The number of thioether (sulfide) groups is 1. The Hall–Kier alpha value is -1.01. The molecule has 4 nitrogen and oxygen atoms in total. The third kappa shape index (κ3) is 1.63. The minimum atomic E-state index is 0.200. The van der Waals surface area contributed by atoms with Crippen molar-refractivity contribution in [3.05, 3.63) is 16.5 Å². The molecule has 1 aliphatic rings. The van der Waals surface area contributed by atoms with Gasteiger partial charge in [-0.3, -0.25) is 0 Å². The highest BCUT2D eigenvalue weighted by Gasteiger charge is 2.17. The Morgan fingerprint density at radius 3 is 3.13 bits per heavy atom. The number of hydrogen-bond acceptors (Lipinski definition) is 6. The molecule has 0 atom stereocenters. The van der Waals surface area contributed by atoms with E-state index in [2.05, 4.69) is 16.2 Å². The van der Waals surface area contributed by atoms with E-state index in [4.69, 9.17) is 10.3 Å². The van der Waals surface area contributed by atoms with Gasteiger partial charge in [-0.25, -0.2) is 0 Å². The first-order valence-corrected chi connectivity index (χ1v) is 6.59. The lowest BCUT2D eigenvalue weighted by Crippen LogP contribution is -1.96. The molecule has 0 saturated carbocycles.